The van der Waals surface area contributed by atoms with Crippen LogP contribution in [0.4, 0.5) is 19.0 Å². The van der Waals surface area contributed by atoms with E-state index in [4.69, 9.17) is 19.4 Å². The van der Waals surface area contributed by atoms with Crippen LogP contribution in [-0.2, 0) is 19.1 Å². The van der Waals surface area contributed by atoms with Crippen molar-refractivity contribution >= 4 is 17.7 Å². The molecular formula is C20H28F3N3O5. The molecule has 1 aromatic heterocycles. The number of amides is 1. The summed E-state index contributed by atoms with van der Waals surface area (Å²) in [5, 5.41) is 10.5. The van der Waals surface area contributed by atoms with Crippen LogP contribution in [0.15, 0.2) is 24.4 Å². The number of hydrogen-bond donors (Lipinski definition) is 2. The van der Waals surface area contributed by atoms with Gasteiger partial charge in [-0.15, -0.1) is 0 Å². The SMILES string of the molecule is CCOCC(=O)N1CC[C@]2(CCC[C@H](CNc3ccccn3)O2)C1.O=C(O)C(F)(F)F. The van der Waals surface area contributed by atoms with Gasteiger partial charge in [0.15, 0.2) is 0 Å². The lowest BCUT2D eigenvalue weighted by molar-refractivity contribution is -0.192. The molecule has 2 atom stereocenters. The Morgan fingerprint density at radius 1 is 1.39 bits per heavy atom. The average Bonchev–Trinajstić information content (AvgIpc) is 3.14. The van der Waals surface area contributed by atoms with Crippen LogP contribution < -0.4 is 5.32 Å². The predicted octanol–water partition coefficient (Wildman–Crippen LogP) is 2.70. The predicted molar refractivity (Wildman–Crippen MR) is 106 cm³/mol. The fourth-order valence-corrected chi connectivity index (χ4v) is 3.59. The van der Waals surface area contributed by atoms with Crippen LogP contribution in [0, 0.1) is 0 Å². The number of carboxylic acid groups (broad SMARTS) is 1. The first-order chi connectivity index (χ1) is 14.6. The number of aromatic nitrogens is 1. The van der Waals surface area contributed by atoms with E-state index in [0.717, 1.165) is 44.6 Å². The van der Waals surface area contributed by atoms with E-state index in [1.807, 2.05) is 30.0 Å². The van der Waals surface area contributed by atoms with E-state index in [1.54, 1.807) is 6.20 Å². The van der Waals surface area contributed by atoms with Gasteiger partial charge in [0.2, 0.25) is 5.91 Å². The summed E-state index contributed by atoms with van der Waals surface area (Å²) in [6, 6.07) is 5.84. The van der Waals surface area contributed by atoms with Gasteiger partial charge in [0.1, 0.15) is 12.4 Å². The van der Waals surface area contributed by atoms with Crippen molar-refractivity contribution in [3.63, 3.8) is 0 Å². The summed E-state index contributed by atoms with van der Waals surface area (Å²) in [5.41, 5.74) is -0.170. The Hall–Kier alpha value is -2.40. The molecule has 3 heterocycles. The molecule has 2 saturated heterocycles. The largest absolute Gasteiger partial charge is 0.490 e. The molecule has 1 aromatic rings. The van der Waals surface area contributed by atoms with E-state index in [9.17, 15) is 18.0 Å². The van der Waals surface area contributed by atoms with Crippen molar-refractivity contribution in [2.75, 3.05) is 38.2 Å². The van der Waals surface area contributed by atoms with Gasteiger partial charge in [-0.2, -0.15) is 13.2 Å². The molecule has 2 aliphatic heterocycles. The highest BCUT2D eigenvalue weighted by atomic mass is 19.4. The van der Waals surface area contributed by atoms with Crippen molar-refractivity contribution in [3.8, 4) is 0 Å². The van der Waals surface area contributed by atoms with Gasteiger partial charge in [-0.3, -0.25) is 4.79 Å². The molecule has 1 spiro atoms. The summed E-state index contributed by atoms with van der Waals surface area (Å²) in [6.45, 7) is 4.87. The molecule has 0 bridgehead atoms. The van der Waals surface area contributed by atoms with Gasteiger partial charge in [-0.05, 0) is 44.7 Å². The molecular weight excluding hydrogens is 419 g/mol. The number of halogens is 3. The molecule has 2 N–H and O–H groups in total. The van der Waals surface area contributed by atoms with E-state index in [0.29, 0.717) is 13.2 Å². The number of hydrogen-bond acceptors (Lipinski definition) is 6. The van der Waals surface area contributed by atoms with Gasteiger partial charge in [0.05, 0.1) is 11.7 Å². The minimum atomic E-state index is -5.08. The number of aliphatic carboxylic acids is 1. The fraction of sp³-hybridized carbons (Fsp3) is 0.650. The summed E-state index contributed by atoms with van der Waals surface area (Å²) < 4.78 is 43.4. The van der Waals surface area contributed by atoms with Crippen molar-refractivity contribution < 1.29 is 37.3 Å². The number of pyridine rings is 1. The van der Waals surface area contributed by atoms with Crippen LogP contribution in [0.25, 0.3) is 0 Å². The Morgan fingerprint density at radius 3 is 2.74 bits per heavy atom. The minimum absolute atomic E-state index is 0.0751. The molecule has 2 aliphatic rings. The summed E-state index contributed by atoms with van der Waals surface area (Å²) in [7, 11) is 0. The monoisotopic (exact) mass is 447 g/mol. The zero-order valence-electron chi connectivity index (χ0n) is 17.4. The van der Waals surface area contributed by atoms with Gasteiger partial charge < -0.3 is 24.8 Å². The van der Waals surface area contributed by atoms with Crippen molar-refractivity contribution in [1.29, 1.82) is 0 Å². The molecule has 0 radical (unpaired) electrons. The Balaban J connectivity index is 0.000000423. The molecule has 0 saturated carbocycles. The topological polar surface area (TPSA) is 101 Å². The molecule has 2 fully saturated rings. The average molecular weight is 447 g/mol. The van der Waals surface area contributed by atoms with Crippen LogP contribution in [0.1, 0.15) is 32.6 Å². The first-order valence-corrected chi connectivity index (χ1v) is 10.1. The Labute approximate surface area is 178 Å². The minimum Gasteiger partial charge on any atom is -0.475 e. The molecule has 11 heteroatoms. The Kier molecular flexibility index (Phi) is 9.05. The van der Waals surface area contributed by atoms with Gasteiger partial charge >= 0.3 is 12.1 Å². The maximum absolute atomic E-state index is 12.1. The molecule has 1 amide bonds. The Bertz CT molecular complexity index is 720. The summed E-state index contributed by atoms with van der Waals surface area (Å²) in [4.78, 5) is 27.2. The number of anilines is 1. The third-order valence-corrected chi connectivity index (χ3v) is 5.09. The first-order valence-electron chi connectivity index (χ1n) is 10.1. The van der Waals surface area contributed by atoms with Gasteiger partial charge in [-0.25, -0.2) is 9.78 Å². The van der Waals surface area contributed by atoms with Crippen LogP contribution >= 0.6 is 0 Å². The number of rotatable bonds is 6. The molecule has 0 unspecified atom stereocenters. The van der Waals surface area contributed by atoms with Crippen LogP contribution in [-0.4, -0.2) is 77.6 Å². The second kappa shape index (κ2) is 11.3. The molecule has 0 aromatic carbocycles. The third-order valence-electron chi connectivity index (χ3n) is 5.09. The molecule has 174 valence electrons. The number of carboxylic acids is 1. The van der Waals surface area contributed by atoms with E-state index in [2.05, 4.69) is 10.3 Å². The number of alkyl halides is 3. The van der Waals surface area contributed by atoms with E-state index in [1.165, 1.54) is 0 Å². The van der Waals surface area contributed by atoms with E-state index < -0.39 is 12.1 Å². The smallest absolute Gasteiger partial charge is 0.475 e. The van der Waals surface area contributed by atoms with Crippen LogP contribution in [0.5, 0.6) is 0 Å². The molecule has 31 heavy (non-hydrogen) atoms. The summed E-state index contributed by atoms with van der Waals surface area (Å²) in [5.74, 6) is -1.81. The van der Waals surface area contributed by atoms with E-state index in [-0.39, 0.29) is 24.2 Å². The van der Waals surface area contributed by atoms with Gasteiger partial charge in [-0.1, -0.05) is 6.07 Å². The lowest BCUT2D eigenvalue weighted by atomic mass is 9.90. The lowest BCUT2D eigenvalue weighted by Gasteiger charge is -2.38. The fourth-order valence-electron chi connectivity index (χ4n) is 3.59. The van der Waals surface area contributed by atoms with Gasteiger partial charge in [0.25, 0.3) is 0 Å². The molecule has 0 aliphatic carbocycles. The highest BCUT2D eigenvalue weighted by Crippen LogP contribution is 2.36. The van der Waals surface area contributed by atoms with Crippen LogP contribution in [0.2, 0.25) is 0 Å². The standard InChI is InChI=1S/C18H27N3O3.C2HF3O2/c1-2-23-13-17(22)21-11-9-18(14-21)8-5-6-15(24-18)12-20-16-7-3-4-10-19-16;3-2(4,5)1(6)7/h3-4,7,10,15H,2,5-6,8-9,11-14H2,1H3,(H,19,20);(H,6,7)/t15-,18-;/m1./s1. The summed E-state index contributed by atoms with van der Waals surface area (Å²) in [6.07, 6.45) is 1.01. The summed E-state index contributed by atoms with van der Waals surface area (Å²) >= 11 is 0. The second-order valence-electron chi connectivity index (χ2n) is 7.42. The first kappa shape index (κ1) is 24.9. The Morgan fingerprint density at radius 2 is 2.13 bits per heavy atom. The lowest BCUT2D eigenvalue weighted by Crippen LogP contribution is -2.46. The quantitative estimate of drug-likeness (QED) is 0.692. The van der Waals surface area contributed by atoms with Gasteiger partial charge in [0, 0.05) is 32.4 Å². The van der Waals surface area contributed by atoms with Crippen molar-refractivity contribution in [3.05, 3.63) is 24.4 Å². The van der Waals surface area contributed by atoms with Crippen molar-refractivity contribution in [2.45, 2.75) is 50.5 Å². The number of likely N-dealkylation sites (tertiary alicyclic amines) is 1. The van der Waals surface area contributed by atoms with Crippen LogP contribution in [0.3, 0.4) is 0 Å². The highest BCUT2D eigenvalue weighted by molar-refractivity contribution is 5.77. The number of nitrogens with one attached hydrogen (secondary N) is 1. The zero-order valence-corrected chi connectivity index (χ0v) is 17.4. The number of ether oxygens (including phenoxy) is 2. The third kappa shape index (κ3) is 7.98. The zero-order chi connectivity index (χ0) is 22.9. The normalized spacial score (nSPS) is 23.2. The molecule has 3 rings (SSSR count). The van der Waals surface area contributed by atoms with E-state index >= 15 is 0 Å². The maximum atomic E-state index is 12.1. The number of carbonyl (C=O) groups is 2. The van der Waals surface area contributed by atoms with Crippen molar-refractivity contribution in [1.82, 2.24) is 9.88 Å². The molecule has 8 nitrogen and oxygen atoms in total. The second-order valence-corrected chi connectivity index (χ2v) is 7.42. The maximum Gasteiger partial charge on any atom is 0.490 e. The van der Waals surface area contributed by atoms with Crippen molar-refractivity contribution in [2.24, 2.45) is 0 Å². The number of carbonyl (C=O) groups excluding carboxylic acids is 1. The number of nitrogens with zero attached hydrogens (tertiary/aromatic N) is 2. The highest BCUT2D eigenvalue weighted by Gasteiger charge is 2.44.